The fraction of sp³-hybridized carbons (Fsp3) is 1.00. The molecule has 0 amide bonds. The van der Waals surface area contributed by atoms with E-state index in [1.54, 1.807) is 0 Å². The Morgan fingerprint density at radius 1 is 1.64 bits per heavy atom. The van der Waals surface area contributed by atoms with Crippen LogP contribution in [0.1, 0.15) is 19.8 Å². The molecule has 3 nitrogen and oxygen atoms in total. The Kier molecular flexibility index (Phi) is 3.83. The topological polar surface area (TPSA) is 41.5 Å². The summed E-state index contributed by atoms with van der Waals surface area (Å²) in [5, 5.41) is 11.9. The highest BCUT2D eigenvalue weighted by Crippen LogP contribution is 2.11. The Labute approximate surface area is 67.7 Å². The Bertz CT molecular complexity index is 108. The van der Waals surface area contributed by atoms with Gasteiger partial charge >= 0.3 is 0 Å². The molecule has 0 spiro atoms. The third-order valence-corrected chi connectivity index (χ3v) is 2.12. The van der Waals surface area contributed by atoms with Gasteiger partial charge in [-0.2, -0.15) is 0 Å². The molecule has 0 aromatic heterocycles. The monoisotopic (exact) mass is 159 g/mol. The first-order valence-corrected chi connectivity index (χ1v) is 4.30. The van der Waals surface area contributed by atoms with E-state index in [1.165, 1.54) is 0 Å². The van der Waals surface area contributed by atoms with E-state index in [2.05, 4.69) is 12.2 Å². The van der Waals surface area contributed by atoms with Crippen LogP contribution in [0.2, 0.25) is 0 Å². The van der Waals surface area contributed by atoms with Crippen molar-refractivity contribution in [2.45, 2.75) is 31.9 Å². The van der Waals surface area contributed by atoms with Crippen molar-refractivity contribution >= 4 is 0 Å². The van der Waals surface area contributed by atoms with Gasteiger partial charge in [0.15, 0.2) is 0 Å². The summed E-state index contributed by atoms with van der Waals surface area (Å²) < 4.78 is 5.37. The molecule has 1 heterocycles. The van der Waals surface area contributed by atoms with Crippen LogP contribution in [0.25, 0.3) is 0 Å². The summed E-state index contributed by atoms with van der Waals surface area (Å²) in [5.41, 5.74) is 0. The lowest BCUT2D eigenvalue weighted by Crippen LogP contribution is -2.35. The molecule has 0 aromatic carbocycles. The SMILES string of the molecule is C[C@H]1OCC[C@@H]1NCCCO. The van der Waals surface area contributed by atoms with Crippen molar-refractivity contribution in [1.82, 2.24) is 5.32 Å². The molecule has 0 unspecified atom stereocenters. The average Bonchev–Trinajstić information content (AvgIpc) is 2.37. The van der Waals surface area contributed by atoms with Crippen LogP contribution in [-0.4, -0.2) is 37.0 Å². The van der Waals surface area contributed by atoms with Crippen LogP contribution < -0.4 is 5.32 Å². The predicted octanol–water partition coefficient (Wildman–Crippen LogP) is 0.136. The van der Waals surface area contributed by atoms with E-state index in [1.807, 2.05) is 0 Å². The minimum atomic E-state index is 0.273. The highest BCUT2D eigenvalue weighted by Gasteiger charge is 2.22. The minimum absolute atomic E-state index is 0.273. The molecule has 11 heavy (non-hydrogen) atoms. The summed E-state index contributed by atoms with van der Waals surface area (Å²) in [6, 6.07) is 0.501. The zero-order valence-corrected chi connectivity index (χ0v) is 7.05. The minimum Gasteiger partial charge on any atom is -0.396 e. The number of nitrogens with one attached hydrogen (secondary N) is 1. The third kappa shape index (κ3) is 2.77. The van der Waals surface area contributed by atoms with Gasteiger partial charge in [-0.25, -0.2) is 0 Å². The van der Waals surface area contributed by atoms with Crippen LogP contribution in [0.15, 0.2) is 0 Å². The third-order valence-electron chi connectivity index (χ3n) is 2.12. The molecule has 1 saturated heterocycles. The summed E-state index contributed by atoms with van der Waals surface area (Å²) in [5.74, 6) is 0. The van der Waals surface area contributed by atoms with Gasteiger partial charge in [-0.3, -0.25) is 0 Å². The number of hydrogen-bond acceptors (Lipinski definition) is 3. The van der Waals surface area contributed by atoms with Gasteiger partial charge in [0.05, 0.1) is 6.10 Å². The fourth-order valence-electron chi connectivity index (χ4n) is 1.37. The molecule has 0 radical (unpaired) electrons. The fourth-order valence-corrected chi connectivity index (χ4v) is 1.37. The van der Waals surface area contributed by atoms with Crippen molar-refractivity contribution in [3.8, 4) is 0 Å². The maximum absolute atomic E-state index is 8.53. The molecule has 0 aliphatic carbocycles. The molecule has 1 fully saturated rings. The van der Waals surface area contributed by atoms with E-state index in [9.17, 15) is 0 Å². The predicted molar refractivity (Wildman–Crippen MR) is 43.5 cm³/mol. The number of hydrogen-bond donors (Lipinski definition) is 2. The Morgan fingerprint density at radius 3 is 3.00 bits per heavy atom. The molecule has 2 atom stereocenters. The van der Waals surface area contributed by atoms with Gasteiger partial charge in [0, 0.05) is 19.3 Å². The summed E-state index contributed by atoms with van der Waals surface area (Å²) in [6.07, 6.45) is 2.28. The molecule has 2 N–H and O–H groups in total. The van der Waals surface area contributed by atoms with Gasteiger partial charge in [-0.15, -0.1) is 0 Å². The molecular weight excluding hydrogens is 142 g/mol. The molecule has 1 aliphatic rings. The zero-order chi connectivity index (χ0) is 8.10. The first-order valence-electron chi connectivity index (χ1n) is 4.30. The summed E-state index contributed by atoms with van der Waals surface area (Å²) in [4.78, 5) is 0. The smallest absolute Gasteiger partial charge is 0.0700 e. The van der Waals surface area contributed by atoms with E-state index >= 15 is 0 Å². The number of ether oxygens (including phenoxy) is 1. The molecule has 1 aliphatic heterocycles. The van der Waals surface area contributed by atoms with Crippen molar-refractivity contribution in [2.24, 2.45) is 0 Å². The lowest BCUT2D eigenvalue weighted by Gasteiger charge is -2.14. The van der Waals surface area contributed by atoms with E-state index in [0.29, 0.717) is 12.1 Å². The average molecular weight is 159 g/mol. The second kappa shape index (κ2) is 4.70. The highest BCUT2D eigenvalue weighted by atomic mass is 16.5. The molecule has 0 bridgehead atoms. The summed E-state index contributed by atoms with van der Waals surface area (Å²) >= 11 is 0. The lowest BCUT2D eigenvalue weighted by molar-refractivity contribution is 0.113. The zero-order valence-electron chi connectivity index (χ0n) is 7.05. The van der Waals surface area contributed by atoms with Gasteiger partial charge < -0.3 is 15.2 Å². The molecular formula is C8H17NO2. The van der Waals surface area contributed by atoms with Crippen LogP contribution in [0.5, 0.6) is 0 Å². The first kappa shape index (κ1) is 8.97. The largest absolute Gasteiger partial charge is 0.396 e. The Hall–Kier alpha value is -0.120. The van der Waals surface area contributed by atoms with Crippen molar-refractivity contribution in [2.75, 3.05) is 19.8 Å². The van der Waals surface area contributed by atoms with E-state index < -0.39 is 0 Å². The quantitative estimate of drug-likeness (QED) is 0.573. The van der Waals surface area contributed by atoms with Gasteiger partial charge in [0.25, 0.3) is 0 Å². The first-order chi connectivity index (χ1) is 5.34. The summed E-state index contributed by atoms with van der Waals surface area (Å²) in [6.45, 7) is 4.13. The molecule has 3 heteroatoms. The lowest BCUT2D eigenvalue weighted by atomic mass is 10.1. The molecule has 66 valence electrons. The maximum Gasteiger partial charge on any atom is 0.0700 e. The van der Waals surface area contributed by atoms with E-state index in [-0.39, 0.29) is 6.61 Å². The van der Waals surface area contributed by atoms with E-state index in [0.717, 1.165) is 26.0 Å². The van der Waals surface area contributed by atoms with Crippen LogP contribution in [0.3, 0.4) is 0 Å². The van der Waals surface area contributed by atoms with Crippen molar-refractivity contribution in [3.05, 3.63) is 0 Å². The summed E-state index contributed by atoms with van der Waals surface area (Å²) in [7, 11) is 0. The number of aliphatic hydroxyl groups is 1. The van der Waals surface area contributed by atoms with Crippen LogP contribution in [0.4, 0.5) is 0 Å². The number of aliphatic hydroxyl groups excluding tert-OH is 1. The Morgan fingerprint density at radius 2 is 2.45 bits per heavy atom. The van der Waals surface area contributed by atoms with Crippen LogP contribution >= 0.6 is 0 Å². The van der Waals surface area contributed by atoms with Crippen LogP contribution in [0, 0.1) is 0 Å². The van der Waals surface area contributed by atoms with Crippen molar-refractivity contribution < 1.29 is 9.84 Å². The van der Waals surface area contributed by atoms with Gasteiger partial charge in [-0.05, 0) is 26.3 Å². The molecule has 0 saturated carbocycles. The van der Waals surface area contributed by atoms with Gasteiger partial charge in [0.2, 0.25) is 0 Å². The van der Waals surface area contributed by atoms with Gasteiger partial charge in [0.1, 0.15) is 0 Å². The normalized spacial score (nSPS) is 31.1. The van der Waals surface area contributed by atoms with Crippen molar-refractivity contribution in [3.63, 3.8) is 0 Å². The standard InChI is InChI=1S/C8H17NO2/c1-7-8(3-6-11-7)9-4-2-5-10/h7-10H,2-6H2,1H3/t7-,8+/m1/s1. The maximum atomic E-state index is 8.53. The molecule has 0 aromatic rings. The second-order valence-electron chi connectivity index (χ2n) is 3.00. The van der Waals surface area contributed by atoms with Crippen molar-refractivity contribution in [1.29, 1.82) is 0 Å². The number of rotatable bonds is 4. The Balaban J connectivity index is 2.05. The van der Waals surface area contributed by atoms with Crippen LogP contribution in [-0.2, 0) is 4.74 Å². The molecule has 1 rings (SSSR count). The highest BCUT2D eigenvalue weighted by molar-refractivity contribution is 4.78. The second-order valence-corrected chi connectivity index (χ2v) is 3.00. The van der Waals surface area contributed by atoms with Gasteiger partial charge in [-0.1, -0.05) is 0 Å². The van der Waals surface area contributed by atoms with E-state index in [4.69, 9.17) is 9.84 Å².